The predicted octanol–water partition coefficient (Wildman–Crippen LogP) is 4.10. The minimum absolute atomic E-state index is 0.0164. The molecule has 3 unspecified atom stereocenters. The molecule has 210 valence electrons. The van der Waals surface area contributed by atoms with Crippen LogP contribution in [-0.4, -0.2) is 71.2 Å². The first-order valence-electron chi connectivity index (χ1n) is 14.3. The van der Waals surface area contributed by atoms with Crippen LogP contribution in [0.1, 0.15) is 35.4 Å². The highest BCUT2D eigenvalue weighted by Gasteiger charge is 2.67. The third-order valence-corrected chi connectivity index (χ3v) is 9.55. The number of likely N-dealkylation sites (tertiary alicyclic amines) is 2. The molecule has 7 rings (SSSR count). The number of aliphatic carboxylic acids is 1. The number of fused-ring (bicyclic) bond motifs is 4. The van der Waals surface area contributed by atoms with Crippen LogP contribution in [0.5, 0.6) is 0 Å². The van der Waals surface area contributed by atoms with Gasteiger partial charge < -0.3 is 20.1 Å². The van der Waals surface area contributed by atoms with Gasteiger partial charge in [0.05, 0.1) is 5.41 Å². The lowest BCUT2D eigenvalue weighted by atomic mass is 9.96. The van der Waals surface area contributed by atoms with E-state index in [1.54, 1.807) is 4.90 Å². The Kier molecular flexibility index (Phi) is 6.12. The van der Waals surface area contributed by atoms with Gasteiger partial charge in [-0.25, -0.2) is 4.79 Å². The minimum atomic E-state index is -1.17. The van der Waals surface area contributed by atoms with Crippen molar-refractivity contribution in [2.75, 3.05) is 32.8 Å². The van der Waals surface area contributed by atoms with E-state index in [1.807, 2.05) is 54.6 Å². The fraction of sp³-hybridized carbons (Fsp3) is 0.364. The zero-order chi connectivity index (χ0) is 28.2. The molecule has 0 spiro atoms. The summed E-state index contributed by atoms with van der Waals surface area (Å²) in [6.45, 7) is 2.39. The molecule has 0 radical (unpaired) electrons. The van der Waals surface area contributed by atoms with Crippen molar-refractivity contribution >= 4 is 18.0 Å². The van der Waals surface area contributed by atoms with E-state index in [4.69, 9.17) is 4.74 Å². The number of carbonyl (C=O) groups is 3. The van der Waals surface area contributed by atoms with E-state index in [0.717, 1.165) is 27.8 Å². The molecule has 0 aromatic heterocycles. The van der Waals surface area contributed by atoms with Crippen molar-refractivity contribution in [3.05, 3.63) is 95.6 Å². The monoisotopic (exact) mass is 551 g/mol. The number of hydrogen-bond donors (Lipinski definition) is 2. The first kappa shape index (κ1) is 25.8. The van der Waals surface area contributed by atoms with Crippen LogP contribution >= 0.6 is 0 Å². The second-order valence-electron chi connectivity index (χ2n) is 12.0. The van der Waals surface area contributed by atoms with Gasteiger partial charge in [-0.1, -0.05) is 78.9 Å². The van der Waals surface area contributed by atoms with Crippen LogP contribution in [0.4, 0.5) is 4.79 Å². The van der Waals surface area contributed by atoms with Crippen molar-refractivity contribution in [3.63, 3.8) is 0 Å². The average molecular weight is 552 g/mol. The Hall–Kier alpha value is -4.17. The Bertz CT molecular complexity index is 1480. The van der Waals surface area contributed by atoms with Crippen molar-refractivity contribution in [3.8, 4) is 11.1 Å². The van der Waals surface area contributed by atoms with Crippen LogP contribution in [0.2, 0.25) is 0 Å². The second-order valence-corrected chi connectivity index (χ2v) is 12.0. The van der Waals surface area contributed by atoms with Crippen LogP contribution in [0.25, 0.3) is 11.1 Å². The number of carboxylic acid groups (broad SMARTS) is 1. The van der Waals surface area contributed by atoms with Crippen molar-refractivity contribution in [2.45, 2.75) is 30.8 Å². The summed E-state index contributed by atoms with van der Waals surface area (Å²) in [7, 11) is 0. The third-order valence-electron chi connectivity index (χ3n) is 9.55. The van der Waals surface area contributed by atoms with Crippen LogP contribution in [0, 0.1) is 11.3 Å². The number of nitrogens with one attached hydrogen (secondary N) is 1. The van der Waals surface area contributed by atoms with Gasteiger partial charge in [-0.15, -0.1) is 0 Å². The number of alkyl carbamates (subject to hydrolysis) is 1. The standard InChI is InChI=1S/C33H33N3O5/c37-29(36-18-23-16-32(23,20-36)30(38)39)33(14-15-35(21-33)17-22-8-2-1-3-9-22)34-31(40)41-19-28-26-12-6-4-10-24(26)25-11-5-7-13-27(25)28/h1-13,23,28H,14-21H2,(H,34,40)(H,38,39). The molecule has 4 aliphatic rings. The SMILES string of the molecule is O=C(NC1(C(=O)N2CC3CC3(C(=O)O)C2)CCN(Cc2ccccc2)C1)OCC1c2ccccc2-c2ccccc21. The molecule has 2 saturated heterocycles. The summed E-state index contributed by atoms with van der Waals surface area (Å²) in [6.07, 6.45) is 0.419. The topological polar surface area (TPSA) is 99.2 Å². The van der Waals surface area contributed by atoms with E-state index in [2.05, 4.69) is 34.5 Å². The third kappa shape index (κ3) is 4.37. The van der Waals surface area contributed by atoms with Gasteiger partial charge in [0.2, 0.25) is 5.91 Å². The van der Waals surface area contributed by atoms with E-state index in [-0.39, 0.29) is 30.9 Å². The van der Waals surface area contributed by atoms with E-state index < -0.39 is 23.0 Å². The number of benzene rings is 3. The van der Waals surface area contributed by atoms with Gasteiger partial charge in [-0.05, 0) is 46.6 Å². The maximum atomic E-state index is 14.1. The van der Waals surface area contributed by atoms with Gasteiger partial charge in [0.1, 0.15) is 12.1 Å². The smallest absolute Gasteiger partial charge is 0.408 e. The lowest BCUT2D eigenvalue weighted by molar-refractivity contribution is -0.144. The molecule has 8 nitrogen and oxygen atoms in total. The molecule has 1 saturated carbocycles. The van der Waals surface area contributed by atoms with Gasteiger partial charge in [0, 0.05) is 38.6 Å². The first-order valence-corrected chi connectivity index (χ1v) is 14.3. The zero-order valence-corrected chi connectivity index (χ0v) is 22.8. The summed E-state index contributed by atoms with van der Waals surface area (Å²) < 4.78 is 5.85. The number of carboxylic acids is 1. The maximum absolute atomic E-state index is 14.1. The molecule has 2 aliphatic heterocycles. The summed E-state index contributed by atoms with van der Waals surface area (Å²) in [4.78, 5) is 43.2. The Morgan fingerprint density at radius 2 is 1.56 bits per heavy atom. The summed E-state index contributed by atoms with van der Waals surface area (Å²) in [5.74, 6) is -1.15. The highest BCUT2D eigenvalue weighted by atomic mass is 16.5. The van der Waals surface area contributed by atoms with E-state index in [0.29, 0.717) is 39.0 Å². The molecule has 8 heteroatoms. The average Bonchev–Trinajstić information content (AvgIpc) is 3.25. The van der Waals surface area contributed by atoms with Crippen molar-refractivity contribution in [1.82, 2.24) is 15.1 Å². The molecule has 3 aromatic carbocycles. The predicted molar refractivity (Wildman–Crippen MR) is 152 cm³/mol. The molecule has 3 atom stereocenters. The Labute approximate surface area is 238 Å². The molecule has 41 heavy (non-hydrogen) atoms. The van der Waals surface area contributed by atoms with E-state index >= 15 is 0 Å². The molecule has 3 fully saturated rings. The molecular weight excluding hydrogens is 518 g/mol. The van der Waals surface area contributed by atoms with Gasteiger partial charge in [0.25, 0.3) is 0 Å². The number of amides is 2. The summed E-state index contributed by atoms with van der Waals surface area (Å²) in [5.41, 5.74) is 3.67. The Balaban J connectivity index is 1.09. The molecular formula is C33H33N3O5. The van der Waals surface area contributed by atoms with Gasteiger partial charge in [-0.2, -0.15) is 0 Å². The zero-order valence-electron chi connectivity index (χ0n) is 22.8. The molecule has 2 heterocycles. The molecule has 3 aromatic rings. The van der Waals surface area contributed by atoms with Crippen LogP contribution in [0.15, 0.2) is 78.9 Å². The summed E-state index contributed by atoms with van der Waals surface area (Å²) in [6, 6.07) is 26.4. The summed E-state index contributed by atoms with van der Waals surface area (Å²) in [5, 5.41) is 12.8. The molecule has 2 amide bonds. The number of ether oxygens (including phenoxy) is 1. The van der Waals surface area contributed by atoms with Gasteiger partial charge >= 0.3 is 12.1 Å². The van der Waals surface area contributed by atoms with Crippen LogP contribution < -0.4 is 5.32 Å². The first-order chi connectivity index (χ1) is 19.9. The molecule has 2 aliphatic carbocycles. The Morgan fingerprint density at radius 3 is 2.22 bits per heavy atom. The fourth-order valence-corrected chi connectivity index (χ4v) is 7.30. The van der Waals surface area contributed by atoms with E-state index in [1.165, 1.54) is 0 Å². The van der Waals surface area contributed by atoms with Gasteiger partial charge in [-0.3, -0.25) is 14.5 Å². The van der Waals surface area contributed by atoms with Crippen molar-refractivity contribution < 1.29 is 24.2 Å². The molecule has 0 bridgehead atoms. The summed E-state index contributed by atoms with van der Waals surface area (Å²) >= 11 is 0. The quantitative estimate of drug-likeness (QED) is 0.459. The van der Waals surface area contributed by atoms with Crippen molar-refractivity contribution in [1.29, 1.82) is 0 Å². The number of piperidine rings is 1. The normalized spacial score (nSPS) is 26.2. The lowest BCUT2D eigenvalue weighted by Crippen LogP contribution is -2.61. The number of rotatable bonds is 7. The highest BCUT2D eigenvalue weighted by Crippen LogP contribution is 2.58. The van der Waals surface area contributed by atoms with Crippen molar-refractivity contribution in [2.24, 2.45) is 11.3 Å². The molecule has 2 N–H and O–H groups in total. The Morgan fingerprint density at radius 1 is 0.902 bits per heavy atom. The highest BCUT2D eigenvalue weighted by molar-refractivity contribution is 5.92. The minimum Gasteiger partial charge on any atom is -0.481 e. The second kappa shape index (κ2) is 9.73. The maximum Gasteiger partial charge on any atom is 0.408 e. The fourth-order valence-electron chi connectivity index (χ4n) is 7.30. The largest absolute Gasteiger partial charge is 0.481 e. The van der Waals surface area contributed by atoms with E-state index in [9.17, 15) is 19.5 Å². The number of carbonyl (C=O) groups excluding carboxylic acids is 2. The van der Waals surface area contributed by atoms with Gasteiger partial charge in [0.15, 0.2) is 0 Å². The number of nitrogens with zero attached hydrogens (tertiary/aromatic N) is 2. The number of hydrogen-bond acceptors (Lipinski definition) is 5. The van der Waals surface area contributed by atoms with Crippen LogP contribution in [0.3, 0.4) is 0 Å². The lowest BCUT2D eigenvalue weighted by Gasteiger charge is -2.34. The van der Waals surface area contributed by atoms with Crippen LogP contribution in [-0.2, 0) is 20.9 Å².